The molecule has 0 aromatic carbocycles. The number of nitrogens with one attached hydrogen (secondary N) is 1. The number of carbonyl (C=O) groups is 3. The molecule has 2 amide bonds. The van der Waals surface area contributed by atoms with Crippen molar-refractivity contribution < 1.29 is 19.5 Å². The number of β-lactam (4-membered cyclic amide) rings is 1. The Kier molecular flexibility index (Phi) is 5.51. The third kappa shape index (κ3) is 3.84. The van der Waals surface area contributed by atoms with Gasteiger partial charge >= 0.3 is 5.97 Å². The van der Waals surface area contributed by atoms with Crippen LogP contribution in [0.5, 0.6) is 0 Å². The van der Waals surface area contributed by atoms with Crippen molar-refractivity contribution in [2.75, 3.05) is 11.5 Å². The van der Waals surface area contributed by atoms with Crippen LogP contribution in [-0.2, 0) is 27.9 Å². The van der Waals surface area contributed by atoms with E-state index in [4.69, 9.17) is 0 Å². The molecule has 2 aliphatic heterocycles. The molecule has 2 N–H and O–H groups in total. The van der Waals surface area contributed by atoms with Crippen molar-refractivity contribution in [3.05, 3.63) is 23.2 Å². The molecule has 15 heteroatoms. The summed E-state index contributed by atoms with van der Waals surface area (Å²) in [6.07, 6.45) is 1.52. The number of nitrogens with zero attached hydrogens (tertiary/aromatic N) is 7. The molecule has 1 unspecified atom stereocenters. The Morgan fingerprint density at radius 3 is 2.93 bits per heavy atom. The van der Waals surface area contributed by atoms with Gasteiger partial charge in [-0.3, -0.25) is 14.5 Å². The fraction of sp³-hybridized carbons (Fsp3) is 0.429. The van der Waals surface area contributed by atoms with Crippen molar-refractivity contribution in [3.63, 3.8) is 0 Å². The van der Waals surface area contributed by atoms with E-state index in [0.29, 0.717) is 27.9 Å². The van der Waals surface area contributed by atoms with Crippen LogP contribution in [0.25, 0.3) is 0 Å². The van der Waals surface area contributed by atoms with Gasteiger partial charge in [-0.2, -0.15) is 8.75 Å². The lowest BCUT2D eigenvalue weighted by atomic mass is 10.0. The summed E-state index contributed by atoms with van der Waals surface area (Å²) >= 11 is 3.71. The van der Waals surface area contributed by atoms with Gasteiger partial charge in [0.1, 0.15) is 17.1 Å². The molecule has 1 fully saturated rings. The Balaban J connectivity index is 1.45. The summed E-state index contributed by atoms with van der Waals surface area (Å²) < 4.78 is 9.29. The topological polar surface area (TPSA) is 156 Å². The molecule has 0 bridgehead atoms. The van der Waals surface area contributed by atoms with Crippen molar-refractivity contribution >= 4 is 53.0 Å². The largest absolute Gasteiger partial charge is 0.477 e. The Morgan fingerprint density at radius 2 is 2.28 bits per heavy atom. The minimum absolute atomic E-state index is 0.0208. The third-order valence-corrected chi connectivity index (χ3v) is 7.22. The molecular weight excluding hydrogens is 440 g/mol. The molecule has 2 atom stereocenters. The van der Waals surface area contributed by atoms with Crippen molar-refractivity contribution in [2.24, 2.45) is 7.05 Å². The van der Waals surface area contributed by atoms with Gasteiger partial charge in [-0.05, 0) is 16.0 Å². The summed E-state index contributed by atoms with van der Waals surface area (Å²) in [5.74, 6) is -1.20. The molecule has 152 valence electrons. The van der Waals surface area contributed by atoms with Gasteiger partial charge in [-0.25, -0.2) is 9.48 Å². The SMILES string of the molecule is Cn1nnnc1SCC1=C(C(=O)O)N2C(=O)C(NC(=O)Cc3cnsn3)[C@H]2SC1. The summed E-state index contributed by atoms with van der Waals surface area (Å²) in [5, 5.41) is 23.6. The van der Waals surface area contributed by atoms with E-state index in [1.807, 2.05) is 0 Å². The average molecular weight is 455 g/mol. The van der Waals surface area contributed by atoms with E-state index in [1.54, 1.807) is 7.05 Å². The molecule has 0 radical (unpaired) electrons. The van der Waals surface area contributed by atoms with Crippen LogP contribution in [0.2, 0.25) is 0 Å². The van der Waals surface area contributed by atoms with E-state index in [9.17, 15) is 19.5 Å². The first-order chi connectivity index (χ1) is 14.0. The summed E-state index contributed by atoms with van der Waals surface area (Å²) in [5.41, 5.74) is 1.10. The van der Waals surface area contributed by atoms with Crippen LogP contribution in [0.15, 0.2) is 22.6 Å². The van der Waals surface area contributed by atoms with Gasteiger partial charge in [0.25, 0.3) is 5.91 Å². The Labute approximate surface area is 176 Å². The van der Waals surface area contributed by atoms with Crippen molar-refractivity contribution in [1.82, 2.24) is 39.2 Å². The van der Waals surface area contributed by atoms with Gasteiger partial charge in [-0.1, -0.05) is 11.8 Å². The van der Waals surface area contributed by atoms with E-state index in [0.717, 1.165) is 11.7 Å². The second-order valence-corrected chi connectivity index (χ2v) is 8.77. The minimum atomic E-state index is -1.17. The molecule has 4 rings (SSSR count). The fourth-order valence-electron chi connectivity index (χ4n) is 2.94. The van der Waals surface area contributed by atoms with Crippen molar-refractivity contribution in [2.45, 2.75) is 23.0 Å². The van der Waals surface area contributed by atoms with Crippen LogP contribution in [0, 0.1) is 0 Å². The number of hydrogen-bond acceptors (Lipinski definition) is 11. The highest BCUT2D eigenvalue weighted by Gasteiger charge is 2.54. The van der Waals surface area contributed by atoms with Gasteiger partial charge in [0.05, 0.1) is 30.0 Å². The molecule has 0 aliphatic carbocycles. The van der Waals surface area contributed by atoms with Gasteiger partial charge in [0, 0.05) is 18.6 Å². The second kappa shape index (κ2) is 8.08. The lowest BCUT2D eigenvalue weighted by Crippen LogP contribution is -2.70. The van der Waals surface area contributed by atoms with Gasteiger partial charge in [0.2, 0.25) is 11.1 Å². The van der Waals surface area contributed by atoms with E-state index >= 15 is 0 Å². The molecule has 0 spiro atoms. The predicted molar refractivity (Wildman–Crippen MR) is 103 cm³/mol. The standard InChI is InChI=1S/C14H14N8O4S3/c1-21-14(17-19-20-21)28-5-6-4-27-12-9(11(24)22(12)10(6)13(25)26)16-8(23)2-7-3-15-29-18-7/h3,9,12H,2,4-5H2,1H3,(H,16,23)(H,25,26)/t9?,12-/m1/s1. The number of fused-ring (bicyclic) bond motifs is 1. The monoisotopic (exact) mass is 454 g/mol. The highest BCUT2D eigenvalue weighted by molar-refractivity contribution is 8.01. The number of carboxylic acids is 1. The first-order valence-corrected chi connectivity index (χ1v) is 11.0. The number of aryl methyl sites for hydroxylation is 1. The number of carbonyl (C=O) groups excluding carboxylic acids is 2. The zero-order chi connectivity index (χ0) is 20.5. The van der Waals surface area contributed by atoms with E-state index in [1.165, 1.54) is 39.3 Å². The number of rotatable bonds is 7. The predicted octanol–water partition coefficient (Wildman–Crippen LogP) is -0.865. The zero-order valence-electron chi connectivity index (χ0n) is 14.9. The molecule has 4 heterocycles. The van der Waals surface area contributed by atoms with E-state index < -0.39 is 23.3 Å². The zero-order valence-corrected chi connectivity index (χ0v) is 17.3. The van der Waals surface area contributed by atoms with Gasteiger partial charge in [0.15, 0.2) is 0 Å². The third-order valence-electron chi connectivity index (χ3n) is 4.27. The van der Waals surface area contributed by atoms with Crippen LogP contribution < -0.4 is 5.32 Å². The lowest BCUT2D eigenvalue weighted by Gasteiger charge is -2.49. The fourth-order valence-corrected chi connectivity index (χ4v) is 5.71. The Hall–Kier alpha value is -2.52. The van der Waals surface area contributed by atoms with Crippen molar-refractivity contribution in [1.29, 1.82) is 0 Å². The number of hydrogen-bond donors (Lipinski definition) is 2. The summed E-state index contributed by atoms with van der Waals surface area (Å²) in [4.78, 5) is 37.9. The first-order valence-electron chi connectivity index (χ1n) is 8.26. The van der Waals surface area contributed by atoms with Crippen LogP contribution in [0.3, 0.4) is 0 Å². The van der Waals surface area contributed by atoms with Gasteiger partial charge < -0.3 is 10.4 Å². The van der Waals surface area contributed by atoms with Crippen LogP contribution in [0.4, 0.5) is 0 Å². The molecule has 2 aliphatic rings. The molecule has 0 saturated carbocycles. The molecule has 2 aromatic heterocycles. The Morgan fingerprint density at radius 1 is 1.45 bits per heavy atom. The number of aliphatic carboxylic acids is 1. The van der Waals surface area contributed by atoms with Gasteiger partial charge in [-0.15, -0.1) is 16.9 Å². The molecular formula is C14H14N8O4S3. The van der Waals surface area contributed by atoms with Crippen LogP contribution in [-0.4, -0.2) is 79.7 Å². The second-order valence-electron chi connectivity index (χ2n) is 6.16. The quantitative estimate of drug-likeness (QED) is 0.396. The Bertz CT molecular complexity index is 991. The normalized spacial score (nSPS) is 21.0. The van der Waals surface area contributed by atoms with E-state index in [2.05, 4.69) is 29.6 Å². The number of amides is 2. The maximum Gasteiger partial charge on any atom is 0.352 e. The van der Waals surface area contributed by atoms with Crippen LogP contribution in [0.1, 0.15) is 5.69 Å². The number of aromatic nitrogens is 6. The average Bonchev–Trinajstić information content (AvgIpc) is 3.35. The van der Waals surface area contributed by atoms with Crippen molar-refractivity contribution in [3.8, 4) is 0 Å². The molecule has 1 saturated heterocycles. The van der Waals surface area contributed by atoms with Crippen LogP contribution >= 0.6 is 35.3 Å². The first kappa shape index (κ1) is 19.8. The number of tetrazole rings is 1. The number of thioether (sulfide) groups is 2. The number of carboxylic acid groups (broad SMARTS) is 1. The summed E-state index contributed by atoms with van der Waals surface area (Å²) in [6, 6.07) is -0.759. The summed E-state index contributed by atoms with van der Waals surface area (Å²) in [6.45, 7) is 0. The summed E-state index contributed by atoms with van der Waals surface area (Å²) in [7, 11) is 1.69. The minimum Gasteiger partial charge on any atom is -0.477 e. The molecule has 29 heavy (non-hydrogen) atoms. The lowest BCUT2D eigenvalue weighted by molar-refractivity contribution is -0.150. The molecule has 2 aromatic rings. The van der Waals surface area contributed by atoms with E-state index in [-0.39, 0.29) is 18.0 Å². The maximum atomic E-state index is 12.6. The highest BCUT2D eigenvalue weighted by Crippen LogP contribution is 2.41. The molecule has 12 nitrogen and oxygen atoms in total. The smallest absolute Gasteiger partial charge is 0.352 e. The highest BCUT2D eigenvalue weighted by atomic mass is 32.2. The maximum absolute atomic E-state index is 12.6.